The number of nitrogens with zero attached hydrogens (tertiary/aromatic N) is 3. The summed E-state index contributed by atoms with van der Waals surface area (Å²) < 4.78 is 0. The molecule has 2 heterocycles. The lowest BCUT2D eigenvalue weighted by atomic mass is 10.0. The molecule has 0 spiro atoms. The van der Waals surface area contributed by atoms with Gasteiger partial charge in [-0.05, 0) is 32.5 Å². The monoisotopic (exact) mass is 224 g/mol. The number of rotatable bonds is 3. The first-order valence-corrected chi connectivity index (χ1v) is 6.42. The van der Waals surface area contributed by atoms with Crippen LogP contribution in [0.2, 0.25) is 0 Å². The molecule has 91 valence electrons. The molecule has 4 nitrogen and oxygen atoms in total. The van der Waals surface area contributed by atoms with Crippen LogP contribution in [0.4, 0.5) is 0 Å². The van der Waals surface area contributed by atoms with Crippen LogP contribution in [0.1, 0.15) is 19.8 Å². The van der Waals surface area contributed by atoms with Crippen LogP contribution in [0.25, 0.3) is 0 Å². The van der Waals surface area contributed by atoms with Crippen molar-refractivity contribution in [3.05, 3.63) is 0 Å². The van der Waals surface area contributed by atoms with E-state index in [1.807, 2.05) is 6.41 Å². The molecule has 2 aliphatic heterocycles. The smallest absolute Gasteiger partial charge is 0.312 e. The van der Waals surface area contributed by atoms with Crippen LogP contribution in [-0.4, -0.2) is 73.0 Å². The second-order valence-corrected chi connectivity index (χ2v) is 4.78. The Morgan fingerprint density at radius 2 is 1.69 bits per heavy atom. The highest BCUT2D eigenvalue weighted by Gasteiger charge is 2.26. The molecule has 2 rings (SSSR count). The Hall–Kier alpha value is -0.610. The summed E-state index contributed by atoms with van der Waals surface area (Å²) in [7, 11) is 0. The molecule has 0 atom stereocenters. The third kappa shape index (κ3) is 2.74. The van der Waals surface area contributed by atoms with Crippen molar-refractivity contribution in [2.75, 3.05) is 45.8 Å². The zero-order chi connectivity index (χ0) is 11.4. The van der Waals surface area contributed by atoms with E-state index in [0.29, 0.717) is 0 Å². The predicted molar refractivity (Wildman–Crippen MR) is 64.0 cm³/mol. The van der Waals surface area contributed by atoms with Crippen molar-refractivity contribution in [2.24, 2.45) is 0 Å². The number of piperazine rings is 1. The number of likely N-dealkylation sites (tertiary alicyclic amines) is 1. The Morgan fingerprint density at radius 1 is 1.06 bits per heavy atom. The maximum atomic E-state index is 10.5. The van der Waals surface area contributed by atoms with Gasteiger partial charge in [-0.1, -0.05) is 6.92 Å². The van der Waals surface area contributed by atoms with Gasteiger partial charge in [-0.2, -0.15) is 0 Å². The molecule has 0 aromatic rings. The summed E-state index contributed by atoms with van der Waals surface area (Å²) in [6.07, 6.45) is 4.57. The summed E-state index contributed by atoms with van der Waals surface area (Å²) in [4.78, 5) is 17.3. The third-order valence-electron chi connectivity index (χ3n) is 3.96. The summed E-state index contributed by atoms with van der Waals surface area (Å²) in [6.45, 7) is 9.68. The molecule has 0 N–H and O–H groups in total. The average molecular weight is 224 g/mol. The van der Waals surface area contributed by atoms with E-state index < -0.39 is 0 Å². The van der Waals surface area contributed by atoms with Crippen molar-refractivity contribution in [3.63, 3.8) is 0 Å². The normalized spacial score (nSPS) is 25.9. The van der Waals surface area contributed by atoms with Gasteiger partial charge >= 0.3 is 6.41 Å². The van der Waals surface area contributed by atoms with E-state index in [4.69, 9.17) is 0 Å². The largest absolute Gasteiger partial charge is 0.332 e. The van der Waals surface area contributed by atoms with Crippen LogP contribution < -0.4 is 0 Å². The molecule has 2 aliphatic rings. The van der Waals surface area contributed by atoms with Gasteiger partial charge in [-0.3, -0.25) is 9.69 Å². The van der Waals surface area contributed by atoms with Crippen molar-refractivity contribution in [1.82, 2.24) is 14.7 Å². The predicted octanol–water partition coefficient (Wildman–Crippen LogP) is 0.156. The van der Waals surface area contributed by atoms with Crippen molar-refractivity contribution >= 4 is 6.41 Å². The van der Waals surface area contributed by atoms with Crippen LogP contribution in [0.15, 0.2) is 0 Å². The van der Waals surface area contributed by atoms with E-state index >= 15 is 0 Å². The Labute approximate surface area is 98.2 Å². The van der Waals surface area contributed by atoms with Gasteiger partial charge in [0.15, 0.2) is 0 Å². The molecule has 4 heteroatoms. The number of carbonyl (C=O) groups excluding carboxylic acids is 1. The van der Waals surface area contributed by atoms with Gasteiger partial charge in [0.05, 0.1) is 0 Å². The molecule has 16 heavy (non-hydrogen) atoms. The number of hydrogen-bond donors (Lipinski definition) is 0. The fourth-order valence-electron chi connectivity index (χ4n) is 2.78. The van der Waals surface area contributed by atoms with Crippen molar-refractivity contribution in [1.29, 1.82) is 0 Å². The number of piperidine rings is 1. The Balaban J connectivity index is 1.75. The first-order valence-electron chi connectivity index (χ1n) is 6.42. The average Bonchev–Trinajstić information content (AvgIpc) is 2.39. The van der Waals surface area contributed by atoms with E-state index in [-0.39, 0.29) is 0 Å². The van der Waals surface area contributed by atoms with E-state index in [9.17, 15) is 4.79 Å². The summed E-state index contributed by atoms with van der Waals surface area (Å²) in [5, 5.41) is 0. The lowest BCUT2D eigenvalue weighted by Crippen LogP contribution is -2.52. The van der Waals surface area contributed by atoms with Gasteiger partial charge < -0.3 is 9.80 Å². The minimum Gasteiger partial charge on any atom is -0.332 e. The van der Waals surface area contributed by atoms with Crippen LogP contribution in [-0.2, 0) is 4.79 Å². The molecular formula is C12H22N3O. The molecule has 0 aliphatic carbocycles. The SMILES string of the molecule is CCN1CCC(N2CCN([C]=O)CC2)CC1. The molecule has 0 bridgehead atoms. The van der Waals surface area contributed by atoms with E-state index in [2.05, 4.69) is 16.7 Å². The first kappa shape index (κ1) is 11.9. The molecule has 2 saturated heterocycles. The van der Waals surface area contributed by atoms with Crippen LogP contribution in [0.5, 0.6) is 0 Å². The first-order chi connectivity index (χ1) is 7.83. The van der Waals surface area contributed by atoms with Gasteiger partial charge in [-0.15, -0.1) is 0 Å². The maximum Gasteiger partial charge on any atom is 0.312 e. The molecule has 1 radical (unpaired) electrons. The summed E-state index contributed by atoms with van der Waals surface area (Å²) >= 11 is 0. The minimum absolute atomic E-state index is 0.747. The van der Waals surface area contributed by atoms with Crippen LogP contribution >= 0.6 is 0 Å². The molecule has 0 aromatic heterocycles. The van der Waals surface area contributed by atoms with Crippen molar-refractivity contribution in [3.8, 4) is 0 Å². The highest BCUT2D eigenvalue weighted by molar-refractivity contribution is 5.48. The second kappa shape index (κ2) is 5.64. The molecule has 0 unspecified atom stereocenters. The number of amides is 1. The Bertz CT molecular complexity index is 218. The Kier molecular flexibility index (Phi) is 4.18. The van der Waals surface area contributed by atoms with Crippen molar-refractivity contribution in [2.45, 2.75) is 25.8 Å². The summed E-state index contributed by atoms with van der Waals surface area (Å²) in [5.41, 5.74) is 0. The molecule has 0 saturated carbocycles. The number of hydrogen-bond acceptors (Lipinski definition) is 3. The molecule has 1 amide bonds. The lowest BCUT2D eigenvalue weighted by Gasteiger charge is -2.41. The summed E-state index contributed by atoms with van der Waals surface area (Å²) in [5.74, 6) is 0. The zero-order valence-corrected chi connectivity index (χ0v) is 10.2. The molecule has 2 fully saturated rings. The second-order valence-electron chi connectivity index (χ2n) is 4.78. The van der Waals surface area contributed by atoms with Gasteiger partial charge in [0.2, 0.25) is 0 Å². The fourth-order valence-corrected chi connectivity index (χ4v) is 2.78. The third-order valence-corrected chi connectivity index (χ3v) is 3.96. The van der Waals surface area contributed by atoms with Crippen LogP contribution in [0, 0.1) is 0 Å². The van der Waals surface area contributed by atoms with Gasteiger partial charge in [0, 0.05) is 32.2 Å². The molecule has 0 aromatic carbocycles. The zero-order valence-electron chi connectivity index (χ0n) is 10.2. The van der Waals surface area contributed by atoms with Gasteiger partial charge in [0.1, 0.15) is 0 Å². The maximum absolute atomic E-state index is 10.5. The molecular weight excluding hydrogens is 202 g/mol. The standard InChI is InChI=1S/C12H22N3O/c1-2-13-5-3-12(4-6-13)15-9-7-14(11-16)8-10-15/h12H,2-10H2,1H3. The van der Waals surface area contributed by atoms with E-state index in [0.717, 1.165) is 32.2 Å². The quantitative estimate of drug-likeness (QED) is 0.683. The van der Waals surface area contributed by atoms with Gasteiger partial charge in [0.25, 0.3) is 0 Å². The van der Waals surface area contributed by atoms with E-state index in [1.165, 1.54) is 32.5 Å². The fraction of sp³-hybridized carbons (Fsp3) is 0.917. The lowest BCUT2D eigenvalue weighted by molar-refractivity contribution is 0.0794. The van der Waals surface area contributed by atoms with Crippen molar-refractivity contribution < 1.29 is 4.79 Å². The summed E-state index contributed by atoms with van der Waals surface area (Å²) in [6, 6.07) is 0.747. The topological polar surface area (TPSA) is 26.8 Å². The van der Waals surface area contributed by atoms with E-state index in [1.54, 1.807) is 4.90 Å². The Morgan fingerprint density at radius 3 is 2.19 bits per heavy atom. The van der Waals surface area contributed by atoms with Gasteiger partial charge in [-0.25, -0.2) is 0 Å². The minimum atomic E-state index is 0.747. The highest BCUT2D eigenvalue weighted by atomic mass is 16.1. The highest BCUT2D eigenvalue weighted by Crippen LogP contribution is 2.17. The van der Waals surface area contributed by atoms with Crippen LogP contribution in [0.3, 0.4) is 0 Å².